The van der Waals surface area contributed by atoms with Crippen LogP contribution in [0.25, 0.3) is 5.69 Å². The van der Waals surface area contributed by atoms with E-state index in [1.807, 2.05) is 0 Å². The number of carbonyl (C=O) groups is 4. The number of phenolic OH excluding ortho intramolecular Hbond substituents is 2. The van der Waals surface area contributed by atoms with Gasteiger partial charge in [0.05, 0.1) is 25.3 Å². The van der Waals surface area contributed by atoms with E-state index in [1.165, 1.54) is 44.6 Å². The second-order valence-corrected chi connectivity index (χ2v) is 7.57. The summed E-state index contributed by atoms with van der Waals surface area (Å²) in [6.07, 6.45) is 0. The van der Waals surface area contributed by atoms with Gasteiger partial charge in [-0.25, -0.2) is 14.4 Å². The molecule has 0 saturated heterocycles. The van der Waals surface area contributed by atoms with Crippen molar-refractivity contribution in [2.24, 2.45) is 0 Å². The molecule has 0 fully saturated rings. The van der Waals surface area contributed by atoms with Gasteiger partial charge in [0, 0.05) is 28.7 Å². The molecule has 10 nitrogen and oxygen atoms in total. The third-order valence-electron chi connectivity index (χ3n) is 5.29. The van der Waals surface area contributed by atoms with Crippen LogP contribution in [0.4, 0.5) is 0 Å². The van der Waals surface area contributed by atoms with Gasteiger partial charge in [0.2, 0.25) is 5.78 Å². The zero-order valence-electron chi connectivity index (χ0n) is 19.4. The molecule has 182 valence electrons. The van der Waals surface area contributed by atoms with Crippen LogP contribution in [-0.4, -0.2) is 59.3 Å². The third-order valence-corrected chi connectivity index (χ3v) is 5.29. The number of Topliss-reactive ketones (excluding diaryl/α,β-unsaturated/α-hetero) is 1. The summed E-state index contributed by atoms with van der Waals surface area (Å²) in [5.41, 5.74) is 1.82. The fraction of sp³-hybridized carbons (Fsp3) is 0.200. The standard InChI is InChI=1S/C25H23NO9/c1-13-7-20(22(29)12-35-25(32)19-6-5-18(27)11-21(19)28)14(2)26(13)17-9-15(23(30)33-3)8-16(10-17)24(31)34-4/h5-11,27-28H,12H2,1-4H3. The van der Waals surface area contributed by atoms with Gasteiger partial charge < -0.3 is 29.0 Å². The maximum absolute atomic E-state index is 12.8. The molecule has 0 aliphatic heterocycles. The molecular weight excluding hydrogens is 458 g/mol. The number of ether oxygens (including phenoxy) is 3. The number of ketones is 1. The summed E-state index contributed by atoms with van der Waals surface area (Å²) in [6.45, 7) is 2.79. The van der Waals surface area contributed by atoms with E-state index in [0.717, 1.165) is 6.07 Å². The van der Waals surface area contributed by atoms with Gasteiger partial charge >= 0.3 is 17.9 Å². The van der Waals surface area contributed by atoms with E-state index in [-0.39, 0.29) is 28.0 Å². The third kappa shape index (κ3) is 5.16. The number of rotatable bonds is 7. The summed E-state index contributed by atoms with van der Waals surface area (Å²) in [4.78, 5) is 49.3. The largest absolute Gasteiger partial charge is 0.508 e. The highest BCUT2D eigenvalue weighted by atomic mass is 16.5. The number of methoxy groups -OCH3 is 2. The quantitative estimate of drug-likeness (QED) is 0.296. The Balaban J connectivity index is 1.91. The smallest absolute Gasteiger partial charge is 0.342 e. The molecule has 0 amide bonds. The van der Waals surface area contributed by atoms with Crippen molar-refractivity contribution in [1.29, 1.82) is 0 Å². The van der Waals surface area contributed by atoms with Crippen molar-refractivity contribution in [3.8, 4) is 17.2 Å². The zero-order valence-corrected chi connectivity index (χ0v) is 19.4. The van der Waals surface area contributed by atoms with E-state index in [9.17, 15) is 29.4 Å². The SMILES string of the molecule is COC(=O)c1cc(C(=O)OC)cc(-n2c(C)cc(C(=O)COC(=O)c3ccc(O)cc3O)c2C)c1. The van der Waals surface area contributed by atoms with Crippen molar-refractivity contribution < 1.29 is 43.6 Å². The van der Waals surface area contributed by atoms with Crippen molar-refractivity contribution >= 4 is 23.7 Å². The first kappa shape index (κ1) is 25.0. The molecule has 2 N–H and O–H groups in total. The number of nitrogens with zero attached hydrogens (tertiary/aromatic N) is 1. The second kappa shape index (κ2) is 10.1. The Hall–Kier alpha value is -4.60. The fourth-order valence-corrected chi connectivity index (χ4v) is 3.63. The lowest BCUT2D eigenvalue weighted by atomic mass is 10.1. The number of carbonyl (C=O) groups excluding carboxylic acids is 4. The van der Waals surface area contributed by atoms with Crippen LogP contribution in [0, 0.1) is 13.8 Å². The van der Waals surface area contributed by atoms with E-state index < -0.39 is 36.0 Å². The van der Waals surface area contributed by atoms with Crippen LogP contribution in [0.1, 0.15) is 52.8 Å². The first-order chi connectivity index (χ1) is 16.6. The number of aromatic nitrogens is 1. The van der Waals surface area contributed by atoms with Crippen molar-refractivity contribution in [3.05, 3.63) is 76.1 Å². The van der Waals surface area contributed by atoms with Gasteiger partial charge in [0.1, 0.15) is 17.1 Å². The lowest BCUT2D eigenvalue weighted by Gasteiger charge is -2.13. The fourth-order valence-electron chi connectivity index (χ4n) is 3.63. The molecule has 3 rings (SSSR count). The Labute approximate surface area is 200 Å². The highest BCUT2D eigenvalue weighted by Crippen LogP contribution is 2.25. The minimum absolute atomic E-state index is 0.119. The predicted octanol–water partition coefficient (Wildman–Crippen LogP) is 3.12. The van der Waals surface area contributed by atoms with Gasteiger partial charge in [0.25, 0.3) is 0 Å². The van der Waals surface area contributed by atoms with Crippen LogP contribution in [0.5, 0.6) is 11.5 Å². The number of hydrogen-bond acceptors (Lipinski definition) is 9. The van der Waals surface area contributed by atoms with Crippen molar-refractivity contribution in [3.63, 3.8) is 0 Å². The van der Waals surface area contributed by atoms with E-state index in [1.54, 1.807) is 24.5 Å². The summed E-state index contributed by atoms with van der Waals surface area (Å²) >= 11 is 0. The molecule has 0 spiro atoms. The van der Waals surface area contributed by atoms with Crippen LogP contribution in [-0.2, 0) is 14.2 Å². The average Bonchev–Trinajstić information content (AvgIpc) is 3.14. The molecule has 35 heavy (non-hydrogen) atoms. The van der Waals surface area contributed by atoms with Gasteiger partial charge in [-0.15, -0.1) is 0 Å². The van der Waals surface area contributed by atoms with Crippen LogP contribution in [0.2, 0.25) is 0 Å². The van der Waals surface area contributed by atoms with E-state index >= 15 is 0 Å². The molecule has 3 aromatic rings. The molecule has 0 aliphatic carbocycles. The Bertz CT molecular complexity index is 1300. The Kier molecular flexibility index (Phi) is 7.24. The van der Waals surface area contributed by atoms with E-state index in [2.05, 4.69) is 0 Å². The molecule has 0 unspecified atom stereocenters. The van der Waals surface area contributed by atoms with Gasteiger partial charge in [-0.3, -0.25) is 4.79 Å². The molecule has 1 heterocycles. The first-order valence-electron chi connectivity index (χ1n) is 10.3. The number of hydrogen-bond donors (Lipinski definition) is 2. The van der Waals surface area contributed by atoms with E-state index in [4.69, 9.17) is 14.2 Å². The maximum atomic E-state index is 12.8. The lowest BCUT2D eigenvalue weighted by molar-refractivity contribution is 0.0471. The topological polar surface area (TPSA) is 141 Å². The predicted molar refractivity (Wildman–Crippen MR) is 122 cm³/mol. The molecular formula is C25H23NO9. The summed E-state index contributed by atoms with van der Waals surface area (Å²) < 4.78 is 16.3. The van der Waals surface area contributed by atoms with E-state index in [0.29, 0.717) is 17.1 Å². The normalized spacial score (nSPS) is 10.5. The minimum Gasteiger partial charge on any atom is -0.508 e. The Morgan fingerprint density at radius 3 is 1.94 bits per heavy atom. The molecule has 0 saturated carbocycles. The molecule has 2 aromatic carbocycles. The summed E-state index contributed by atoms with van der Waals surface area (Å²) in [6, 6.07) is 9.33. The molecule has 0 bridgehead atoms. The molecule has 0 aliphatic rings. The monoisotopic (exact) mass is 481 g/mol. The zero-order chi connectivity index (χ0) is 25.9. The van der Waals surface area contributed by atoms with Gasteiger partial charge in [-0.2, -0.15) is 0 Å². The van der Waals surface area contributed by atoms with Crippen LogP contribution in [0.15, 0.2) is 42.5 Å². The van der Waals surface area contributed by atoms with Gasteiger partial charge in [-0.1, -0.05) is 0 Å². The van der Waals surface area contributed by atoms with Crippen LogP contribution >= 0.6 is 0 Å². The Morgan fingerprint density at radius 1 is 0.800 bits per heavy atom. The molecule has 1 aromatic heterocycles. The van der Waals surface area contributed by atoms with Crippen molar-refractivity contribution in [2.45, 2.75) is 13.8 Å². The summed E-state index contributed by atoms with van der Waals surface area (Å²) in [5.74, 6) is -3.45. The van der Waals surface area contributed by atoms with Crippen molar-refractivity contribution in [1.82, 2.24) is 4.57 Å². The average molecular weight is 481 g/mol. The van der Waals surface area contributed by atoms with Crippen molar-refractivity contribution in [2.75, 3.05) is 20.8 Å². The maximum Gasteiger partial charge on any atom is 0.342 e. The number of esters is 3. The minimum atomic E-state index is -0.932. The second-order valence-electron chi connectivity index (χ2n) is 7.57. The highest BCUT2D eigenvalue weighted by molar-refractivity contribution is 6.01. The highest BCUT2D eigenvalue weighted by Gasteiger charge is 2.22. The molecule has 10 heteroatoms. The van der Waals surface area contributed by atoms with Crippen LogP contribution < -0.4 is 0 Å². The lowest BCUT2D eigenvalue weighted by Crippen LogP contribution is -2.15. The first-order valence-corrected chi connectivity index (χ1v) is 10.3. The van der Waals surface area contributed by atoms with Gasteiger partial charge in [0.15, 0.2) is 6.61 Å². The molecule has 0 radical (unpaired) electrons. The van der Waals surface area contributed by atoms with Gasteiger partial charge in [-0.05, 0) is 50.2 Å². The Morgan fingerprint density at radius 2 is 1.40 bits per heavy atom. The summed E-state index contributed by atoms with van der Waals surface area (Å²) in [7, 11) is 2.43. The van der Waals surface area contributed by atoms with Crippen LogP contribution in [0.3, 0.4) is 0 Å². The summed E-state index contributed by atoms with van der Waals surface area (Å²) in [5, 5.41) is 19.1. The number of aromatic hydroxyl groups is 2. The number of phenols is 2. The number of aryl methyl sites for hydroxylation is 1. The number of benzene rings is 2. The molecule has 0 atom stereocenters.